The second kappa shape index (κ2) is 5.96. The Kier molecular flexibility index (Phi) is 4.04. The monoisotopic (exact) mass is 352 g/mol. The van der Waals surface area contributed by atoms with Crippen molar-refractivity contribution in [3.63, 3.8) is 0 Å². The first kappa shape index (κ1) is 16.3. The molecule has 1 aromatic heterocycles. The maximum absolute atomic E-state index is 12.3. The van der Waals surface area contributed by atoms with E-state index in [1.807, 2.05) is 12.1 Å². The predicted octanol–water partition coefficient (Wildman–Crippen LogP) is 0.893. The first-order valence-corrected chi connectivity index (χ1v) is 9.00. The molecule has 4 rings (SSSR count). The van der Waals surface area contributed by atoms with Gasteiger partial charge in [-0.25, -0.2) is 0 Å². The second-order valence-electron chi connectivity index (χ2n) is 6.62. The van der Waals surface area contributed by atoms with E-state index in [-0.39, 0.29) is 11.3 Å². The van der Waals surface area contributed by atoms with Crippen molar-refractivity contribution in [1.29, 1.82) is 0 Å². The minimum Gasteiger partial charge on any atom is -0.387 e. The minimum absolute atomic E-state index is 0.0387. The van der Waals surface area contributed by atoms with Crippen LogP contribution in [-0.2, 0) is 19.0 Å². The van der Waals surface area contributed by atoms with Crippen LogP contribution in [-0.4, -0.2) is 63.6 Å². The van der Waals surface area contributed by atoms with Gasteiger partial charge < -0.3 is 24.2 Å². The number of aliphatic hydroxyl groups is 1. The van der Waals surface area contributed by atoms with Crippen molar-refractivity contribution in [2.45, 2.75) is 49.6 Å². The Hall–Kier alpha value is -1.19. The number of amides is 1. The Morgan fingerprint density at radius 3 is 2.83 bits per heavy atom. The summed E-state index contributed by atoms with van der Waals surface area (Å²) in [5.41, 5.74) is 1.02. The van der Waals surface area contributed by atoms with Crippen LogP contribution in [0.25, 0.3) is 0 Å². The van der Waals surface area contributed by atoms with E-state index >= 15 is 0 Å². The lowest BCUT2D eigenvalue weighted by atomic mass is 10.1. The highest BCUT2D eigenvalue weighted by molar-refractivity contribution is 8.00. The van der Waals surface area contributed by atoms with Crippen molar-refractivity contribution in [3.05, 3.63) is 30.1 Å². The van der Waals surface area contributed by atoms with Gasteiger partial charge in [0, 0.05) is 12.4 Å². The van der Waals surface area contributed by atoms with E-state index in [1.54, 1.807) is 42.9 Å². The lowest BCUT2D eigenvalue weighted by molar-refractivity contribution is -0.216. The quantitative estimate of drug-likeness (QED) is 0.865. The molecule has 4 heterocycles. The van der Waals surface area contributed by atoms with E-state index in [0.717, 1.165) is 5.56 Å². The summed E-state index contributed by atoms with van der Waals surface area (Å²) in [6.45, 7) is 3.88. The number of carbonyl (C=O) groups is 1. The zero-order valence-electron chi connectivity index (χ0n) is 13.5. The van der Waals surface area contributed by atoms with Gasteiger partial charge in [-0.05, 0) is 31.5 Å². The van der Waals surface area contributed by atoms with E-state index in [4.69, 9.17) is 14.2 Å². The molecule has 7 nitrogen and oxygen atoms in total. The van der Waals surface area contributed by atoms with Gasteiger partial charge in [0.05, 0.1) is 12.3 Å². The fourth-order valence-corrected chi connectivity index (χ4v) is 4.56. The number of hydrogen-bond acceptors (Lipinski definition) is 7. The average Bonchev–Trinajstić information content (AvgIpc) is 3.15. The first-order valence-electron chi connectivity index (χ1n) is 7.95. The van der Waals surface area contributed by atoms with Crippen LogP contribution >= 0.6 is 11.8 Å². The van der Waals surface area contributed by atoms with Crippen LogP contribution in [0.5, 0.6) is 0 Å². The maximum Gasteiger partial charge on any atom is 0.233 e. The molecule has 24 heavy (non-hydrogen) atoms. The number of fused-ring (bicyclic) bond motifs is 1. The highest BCUT2D eigenvalue weighted by Gasteiger charge is 2.55. The van der Waals surface area contributed by atoms with Crippen LogP contribution in [0, 0.1) is 0 Å². The number of aliphatic hydroxyl groups excluding tert-OH is 1. The average molecular weight is 352 g/mol. The van der Waals surface area contributed by atoms with E-state index in [0.29, 0.717) is 12.3 Å². The van der Waals surface area contributed by atoms with Crippen LogP contribution < -0.4 is 0 Å². The highest BCUT2D eigenvalue weighted by Crippen LogP contribution is 2.41. The topological polar surface area (TPSA) is 81.1 Å². The van der Waals surface area contributed by atoms with Crippen LogP contribution in [0.3, 0.4) is 0 Å². The van der Waals surface area contributed by atoms with Crippen molar-refractivity contribution >= 4 is 17.7 Å². The van der Waals surface area contributed by atoms with Crippen molar-refractivity contribution in [1.82, 2.24) is 9.88 Å². The summed E-state index contributed by atoms with van der Waals surface area (Å²) in [5, 5.41) is 10.4. The van der Waals surface area contributed by atoms with Gasteiger partial charge in [0.25, 0.3) is 0 Å². The molecule has 130 valence electrons. The van der Waals surface area contributed by atoms with Gasteiger partial charge in [0.15, 0.2) is 12.1 Å². The molecule has 3 aliphatic heterocycles. The highest BCUT2D eigenvalue weighted by atomic mass is 32.2. The zero-order valence-corrected chi connectivity index (χ0v) is 14.3. The lowest BCUT2D eigenvalue weighted by Crippen LogP contribution is -2.43. The van der Waals surface area contributed by atoms with Crippen LogP contribution in [0.2, 0.25) is 0 Å². The molecular weight excluding hydrogens is 332 g/mol. The Bertz CT molecular complexity index is 628. The Balaban J connectivity index is 1.48. The van der Waals surface area contributed by atoms with Crippen LogP contribution in [0.15, 0.2) is 24.5 Å². The third-order valence-electron chi connectivity index (χ3n) is 4.45. The largest absolute Gasteiger partial charge is 0.387 e. The summed E-state index contributed by atoms with van der Waals surface area (Å²) in [4.78, 5) is 18.1. The number of ether oxygens (including phenoxy) is 3. The van der Waals surface area contributed by atoms with Gasteiger partial charge in [-0.2, -0.15) is 0 Å². The van der Waals surface area contributed by atoms with E-state index in [1.165, 1.54) is 0 Å². The molecule has 0 saturated carbocycles. The van der Waals surface area contributed by atoms with Gasteiger partial charge >= 0.3 is 0 Å². The molecule has 8 heteroatoms. The molecule has 1 N–H and O–H groups in total. The van der Waals surface area contributed by atoms with Crippen molar-refractivity contribution < 1.29 is 24.1 Å². The second-order valence-corrected chi connectivity index (χ2v) is 7.69. The summed E-state index contributed by atoms with van der Waals surface area (Å²) in [5.74, 6) is -0.306. The standard InChI is InChI=1S/C16H20N2O5S/c1-16(2)22-13-12(20)10(21-15(13)23-16)7-18-11(19)8-24-14(18)9-3-5-17-6-4-9/h3-6,10,12-15,20H,7-8H2,1-2H3/t10-,12+,13-,14-,15-/m1/s1. The zero-order chi connectivity index (χ0) is 16.9. The molecule has 3 fully saturated rings. The molecule has 0 aliphatic carbocycles. The van der Waals surface area contributed by atoms with Gasteiger partial charge in [-0.1, -0.05) is 0 Å². The van der Waals surface area contributed by atoms with E-state index in [2.05, 4.69) is 4.98 Å². The third-order valence-corrected chi connectivity index (χ3v) is 5.71. The van der Waals surface area contributed by atoms with Crippen molar-refractivity contribution in [2.24, 2.45) is 0 Å². The fourth-order valence-electron chi connectivity index (χ4n) is 3.36. The molecule has 0 bridgehead atoms. The fraction of sp³-hybridized carbons (Fsp3) is 0.625. The van der Waals surface area contributed by atoms with Crippen molar-refractivity contribution in [2.75, 3.05) is 12.3 Å². The number of aromatic nitrogens is 1. The smallest absolute Gasteiger partial charge is 0.233 e. The molecule has 3 saturated heterocycles. The minimum atomic E-state index is -0.826. The molecule has 0 unspecified atom stereocenters. The summed E-state index contributed by atoms with van der Waals surface area (Å²) in [6.07, 6.45) is 0.966. The molecule has 0 radical (unpaired) electrons. The summed E-state index contributed by atoms with van der Waals surface area (Å²) < 4.78 is 17.2. The third kappa shape index (κ3) is 2.82. The maximum atomic E-state index is 12.3. The Morgan fingerprint density at radius 1 is 1.38 bits per heavy atom. The van der Waals surface area contributed by atoms with E-state index in [9.17, 15) is 9.90 Å². The molecule has 5 atom stereocenters. The summed E-state index contributed by atoms with van der Waals surface area (Å²) in [7, 11) is 0. The first-order chi connectivity index (χ1) is 11.4. The molecular formula is C16H20N2O5S. The number of hydrogen-bond donors (Lipinski definition) is 1. The molecule has 1 aromatic rings. The molecule has 3 aliphatic rings. The van der Waals surface area contributed by atoms with Gasteiger partial charge in [0.2, 0.25) is 5.91 Å². The number of rotatable bonds is 3. The van der Waals surface area contributed by atoms with Crippen LogP contribution in [0.1, 0.15) is 24.8 Å². The van der Waals surface area contributed by atoms with Gasteiger partial charge in [-0.3, -0.25) is 9.78 Å². The SMILES string of the molecule is CC1(C)O[C@H]2O[C@H](CN3C(=O)CS[C@@H]3c3ccncc3)[C@H](O)[C@H]2O1. The predicted molar refractivity (Wildman–Crippen MR) is 85.9 cm³/mol. The van der Waals surface area contributed by atoms with Crippen LogP contribution in [0.4, 0.5) is 0 Å². The molecule has 1 amide bonds. The summed E-state index contributed by atoms with van der Waals surface area (Å²) >= 11 is 1.57. The molecule has 0 spiro atoms. The Morgan fingerprint density at radius 2 is 2.12 bits per heavy atom. The van der Waals surface area contributed by atoms with Gasteiger partial charge in [0.1, 0.15) is 23.7 Å². The van der Waals surface area contributed by atoms with Crippen molar-refractivity contribution in [3.8, 4) is 0 Å². The summed E-state index contributed by atoms with van der Waals surface area (Å²) in [6, 6.07) is 3.80. The number of pyridine rings is 1. The normalized spacial score (nSPS) is 37.9. The Labute approximate surface area is 144 Å². The number of carbonyl (C=O) groups excluding carboxylic acids is 1. The number of nitrogens with zero attached hydrogens (tertiary/aromatic N) is 2. The van der Waals surface area contributed by atoms with E-state index < -0.39 is 30.4 Å². The molecule has 0 aromatic carbocycles. The number of thioether (sulfide) groups is 1. The lowest BCUT2D eigenvalue weighted by Gasteiger charge is -2.29. The van der Waals surface area contributed by atoms with Gasteiger partial charge in [-0.15, -0.1) is 11.8 Å².